The molecule has 8 nitrogen and oxygen atoms in total. The number of aromatic nitrogens is 2. The Bertz CT molecular complexity index is 1080. The van der Waals surface area contributed by atoms with E-state index in [4.69, 9.17) is 14.0 Å². The number of ether oxygens (including phenoxy) is 2. The average Bonchev–Trinajstić information content (AvgIpc) is 3.24. The molecule has 162 valence electrons. The zero-order valence-electron chi connectivity index (χ0n) is 16.1. The maximum absolute atomic E-state index is 12.8. The van der Waals surface area contributed by atoms with Crippen LogP contribution in [0.2, 0.25) is 0 Å². The number of esters is 1. The summed E-state index contributed by atoms with van der Waals surface area (Å²) in [5.74, 6) is -0.970. The summed E-state index contributed by atoms with van der Waals surface area (Å²) in [6.07, 6.45) is -4.51. The third-order valence-electron chi connectivity index (χ3n) is 4.00. The van der Waals surface area contributed by atoms with Crippen LogP contribution in [0.15, 0.2) is 53.1 Å². The number of carbonyl (C=O) groups is 2. The molecular formula is C20H16F3N3O5. The zero-order chi connectivity index (χ0) is 22.4. The molecule has 0 saturated carbocycles. The minimum atomic E-state index is -4.51. The highest BCUT2D eigenvalue weighted by Gasteiger charge is 2.30. The molecule has 3 rings (SSSR count). The Balaban J connectivity index is 1.52. The van der Waals surface area contributed by atoms with Gasteiger partial charge in [-0.05, 0) is 30.3 Å². The van der Waals surface area contributed by atoms with Crippen molar-refractivity contribution in [3.63, 3.8) is 0 Å². The van der Waals surface area contributed by atoms with Crippen LogP contribution in [0.4, 0.5) is 13.2 Å². The molecule has 1 amide bonds. The fourth-order valence-electron chi connectivity index (χ4n) is 2.48. The lowest BCUT2D eigenvalue weighted by Gasteiger charge is -2.06. The lowest BCUT2D eigenvalue weighted by molar-refractivity contribution is -0.144. The van der Waals surface area contributed by atoms with Crippen LogP contribution in [0.25, 0.3) is 11.4 Å². The van der Waals surface area contributed by atoms with Crippen LogP contribution in [-0.2, 0) is 22.3 Å². The highest BCUT2D eigenvalue weighted by molar-refractivity contribution is 5.96. The SMILES string of the molecule is COc1cccc(C(=O)NCC(=O)OCc2nc(-c3cccc(C(F)(F)F)c3)no2)c1. The number of nitrogens with one attached hydrogen (secondary N) is 1. The molecule has 0 fully saturated rings. The zero-order valence-corrected chi connectivity index (χ0v) is 16.1. The molecule has 11 heteroatoms. The first-order valence-corrected chi connectivity index (χ1v) is 8.84. The Hall–Kier alpha value is -3.89. The molecule has 0 bridgehead atoms. The summed E-state index contributed by atoms with van der Waals surface area (Å²) in [7, 11) is 1.46. The Morgan fingerprint density at radius 2 is 1.90 bits per heavy atom. The normalized spacial score (nSPS) is 11.1. The van der Waals surface area contributed by atoms with Crippen LogP contribution in [0, 0.1) is 0 Å². The lowest BCUT2D eigenvalue weighted by Crippen LogP contribution is -2.30. The third kappa shape index (κ3) is 5.81. The van der Waals surface area contributed by atoms with E-state index in [-0.39, 0.29) is 17.3 Å². The fourth-order valence-corrected chi connectivity index (χ4v) is 2.48. The van der Waals surface area contributed by atoms with Gasteiger partial charge < -0.3 is 19.3 Å². The van der Waals surface area contributed by atoms with Crippen LogP contribution in [0.5, 0.6) is 5.75 Å². The van der Waals surface area contributed by atoms with E-state index in [9.17, 15) is 22.8 Å². The second kappa shape index (κ2) is 9.28. The predicted octanol–water partition coefficient (Wildman–Crippen LogP) is 3.24. The second-order valence-corrected chi connectivity index (χ2v) is 6.17. The summed E-state index contributed by atoms with van der Waals surface area (Å²) in [4.78, 5) is 27.8. The van der Waals surface area contributed by atoms with E-state index in [0.717, 1.165) is 12.1 Å². The van der Waals surface area contributed by atoms with Gasteiger partial charge in [-0.25, -0.2) is 0 Å². The molecule has 0 radical (unpaired) electrons. The molecule has 2 aromatic carbocycles. The van der Waals surface area contributed by atoms with Gasteiger partial charge in [-0.15, -0.1) is 0 Å². The summed E-state index contributed by atoms with van der Waals surface area (Å²) in [5.41, 5.74) is -0.453. The quantitative estimate of drug-likeness (QED) is 0.568. The van der Waals surface area contributed by atoms with Crippen LogP contribution >= 0.6 is 0 Å². The summed E-state index contributed by atoms with van der Waals surface area (Å²) in [5, 5.41) is 5.99. The van der Waals surface area contributed by atoms with Crippen LogP contribution in [0.3, 0.4) is 0 Å². The van der Waals surface area contributed by atoms with E-state index < -0.39 is 36.8 Å². The van der Waals surface area contributed by atoms with E-state index in [2.05, 4.69) is 15.5 Å². The second-order valence-electron chi connectivity index (χ2n) is 6.17. The molecule has 0 aliphatic heterocycles. The average molecular weight is 435 g/mol. The molecule has 0 spiro atoms. The number of alkyl halides is 3. The number of carbonyl (C=O) groups excluding carboxylic acids is 2. The molecule has 31 heavy (non-hydrogen) atoms. The van der Waals surface area contributed by atoms with E-state index in [1.165, 1.54) is 25.3 Å². The summed E-state index contributed by atoms with van der Waals surface area (Å²) >= 11 is 0. The highest BCUT2D eigenvalue weighted by atomic mass is 19.4. The van der Waals surface area contributed by atoms with Crippen molar-refractivity contribution in [3.05, 3.63) is 65.5 Å². The molecule has 1 heterocycles. The number of amides is 1. The largest absolute Gasteiger partial charge is 0.497 e. The number of hydrogen-bond donors (Lipinski definition) is 1. The van der Waals surface area contributed by atoms with Crippen molar-refractivity contribution in [2.45, 2.75) is 12.8 Å². The van der Waals surface area contributed by atoms with Gasteiger partial charge in [-0.1, -0.05) is 23.4 Å². The van der Waals surface area contributed by atoms with Crippen LogP contribution < -0.4 is 10.1 Å². The Morgan fingerprint density at radius 1 is 1.13 bits per heavy atom. The van der Waals surface area contributed by atoms with Gasteiger partial charge in [0.15, 0.2) is 6.61 Å². The lowest BCUT2D eigenvalue weighted by atomic mass is 10.1. The highest BCUT2D eigenvalue weighted by Crippen LogP contribution is 2.31. The van der Waals surface area contributed by atoms with Crippen molar-refractivity contribution < 1.29 is 36.8 Å². The van der Waals surface area contributed by atoms with E-state index in [0.29, 0.717) is 11.3 Å². The minimum Gasteiger partial charge on any atom is -0.497 e. The van der Waals surface area contributed by atoms with Crippen molar-refractivity contribution in [2.24, 2.45) is 0 Å². The van der Waals surface area contributed by atoms with Gasteiger partial charge >= 0.3 is 12.1 Å². The Labute approximate surface area is 174 Å². The molecule has 0 aliphatic carbocycles. The first-order valence-electron chi connectivity index (χ1n) is 8.84. The number of rotatable bonds is 7. The number of methoxy groups -OCH3 is 1. The number of nitrogens with zero attached hydrogens (tertiary/aromatic N) is 2. The summed E-state index contributed by atoms with van der Waals surface area (Å²) < 4.78 is 53.3. The van der Waals surface area contributed by atoms with Gasteiger partial charge in [0.1, 0.15) is 12.3 Å². The number of halogens is 3. The standard InChI is InChI=1S/C20H16F3N3O5/c1-29-15-7-3-5-13(9-15)19(28)24-10-17(27)30-11-16-25-18(26-31-16)12-4-2-6-14(8-12)20(21,22)23/h2-9H,10-11H2,1H3,(H,24,28). The fraction of sp³-hybridized carbons (Fsp3) is 0.200. The van der Waals surface area contributed by atoms with E-state index in [1.807, 2.05) is 0 Å². The van der Waals surface area contributed by atoms with Gasteiger partial charge in [0, 0.05) is 11.1 Å². The maximum Gasteiger partial charge on any atom is 0.416 e. The van der Waals surface area contributed by atoms with Crippen molar-refractivity contribution in [3.8, 4) is 17.1 Å². The first-order chi connectivity index (χ1) is 14.8. The van der Waals surface area contributed by atoms with Crippen molar-refractivity contribution >= 4 is 11.9 Å². The molecule has 0 atom stereocenters. The topological polar surface area (TPSA) is 104 Å². The van der Waals surface area contributed by atoms with E-state index >= 15 is 0 Å². The monoisotopic (exact) mass is 435 g/mol. The van der Waals surface area contributed by atoms with Crippen LogP contribution in [0.1, 0.15) is 21.8 Å². The smallest absolute Gasteiger partial charge is 0.416 e. The van der Waals surface area contributed by atoms with Gasteiger partial charge in [0.25, 0.3) is 11.8 Å². The molecule has 0 saturated heterocycles. The van der Waals surface area contributed by atoms with Gasteiger partial charge in [-0.3, -0.25) is 9.59 Å². The molecule has 3 aromatic rings. The van der Waals surface area contributed by atoms with E-state index in [1.54, 1.807) is 18.2 Å². The number of hydrogen-bond acceptors (Lipinski definition) is 7. The Kier molecular flexibility index (Phi) is 6.53. The van der Waals surface area contributed by atoms with Crippen molar-refractivity contribution in [1.82, 2.24) is 15.5 Å². The summed E-state index contributed by atoms with van der Waals surface area (Å²) in [6, 6.07) is 10.8. The predicted molar refractivity (Wildman–Crippen MR) is 99.9 cm³/mol. The van der Waals surface area contributed by atoms with Crippen LogP contribution in [-0.4, -0.2) is 35.7 Å². The third-order valence-corrected chi connectivity index (χ3v) is 4.00. The van der Waals surface area contributed by atoms with Gasteiger partial charge in [0.2, 0.25) is 5.82 Å². The molecule has 1 aromatic heterocycles. The molecule has 0 unspecified atom stereocenters. The molecule has 1 N–H and O–H groups in total. The Morgan fingerprint density at radius 3 is 2.65 bits per heavy atom. The van der Waals surface area contributed by atoms with Gasteiger partial charge in [-0.2, -0.15) is 18.2 Å². The molecule has 0 aliphatic rings. The van der Waals surface area contributed by atoms with Crippen molar-refractivity contribution in [2.75, 3.05) is 13.7 Å². The molecular weight excluding hydrogens is 419 g/mol. The maximum atomic E-state index is 12.8. The first kappa shape index (κ1) is 21.8. The van der Waals surface area contributed by atoms with Crippen molar-refractivity contribution in [1.29, 1.82) is 0 Å². The number of benzene rings is 2. The van der Waals surface area contributed by atoms with Gasteiger partial charge in [0.05, 0.1) is 12.7 Å². The minimum absolute atomic E-state index is 0.0801. The summed E-state index contributed by atoms with van der Waals surface area (Å²) in [6.45, 7) is -0.815.